The van der Waals surface area contributed by atoms with Gasteiger partial charge in [0.05, 0.1) is 41.6 Å². The van der Waals surface area contributed by atoms with E-state index in [0.29, 0.717) is 37.5 Å². The van der Waals surface area contributed by atoms with E-state index in [9.17, 15) is 19.2 Å². The van der Waals surface area contributed by atoms with Crippen molar-refractivity contribution >= 4 is 35.3 Å². The number of carbonyl (C=O) groups is 3. The molecule has 0 N–H and O–H groups in total. The van der Waals surface area contributed by atoms with Crippen molar-refractivity contribution in [3.05, 3.63) is 96.2 Å². The summed E-state index contributed by atoms with van der Waals surface area (Å²) in [6.45, 7) is 2.99. The third-order valence-corrected chi connectivity index (χ3v) is 6.47. The molecule has 1 aromatic heterocycles. The smallest absolute Gasteiger partial charge is 0.338 e. The largest absolute Gasteiger partial charge is 0.466 e. The third kappa shape index (κ3) is 4.76. The van der Waals surface area contributed by atoms with Crippen LogP contribution < -0.4 is 19.6 Å². The first-order valence-electron chi connectivity index (χ1n) is 10.8. The molecule has 2 heterocycles. The number of thiazole rings is 1. The second kappa shape index (κ2) is 10.1. The number of methoxy groups -OCH3 is 2. The first kappa shape index (κ1) is 24.8. The quantitative estimate of drug-likeness (QED) is 0.385. The van der Waals surface area contributed by atoms with Crippen molar-refractivity contribution in [2.75, 3.05) is 14.2 Å². The average molecular weight is 507 g/mol. The van der Waals surface area contributed by atoms with E-state index in [-0.39, 0.29) is 11.1 Å². The molecule has 4 rings (SSSR count). The second-order valence-corrected chi connectivity index (χ2v) is 8.86. The van der Waals surface area contributed by atoms with Gasteiger partial charge in [-0.3, -0.25) is 14.2 Å². The van der Waals surface area contributed by atoms with E-state index in [1.165, 1.54) is 37.0 Å². The topological polar surface area (TPSA) is 113 Å². The maximum atomic E-state index is 13.6. The first-order chi connectivity index (χ1) is 17.2. The van der Waals surface area contributed by atoms with Crippen molar-refractivity contribution in [3.8, 4) is 5.75 Å². The van der Waals surface area contributed by atoms with E-state index < -0.39 is 23.9 Å². The number of hydrogen-bond donors (Lipinski definition) is 0. The Labute approximate surface area is 209 Å². The highest BCUT2D eigenvalue weighted by Gasteiger charge is 2.33. The maximum absolute atomic E-state index is 13.6. The van der Waals surface area contributed by atoms with Crippen LogP contribution in [0.4, 0.5) is 0 Å². The van der Waals surface area contributed by atoms with Gasteiger partial charge in [-0.2, -0.15) is 0 Å². The van der Waals surface area contributed by atoms with Gasteiger partial charge in [0.1, 0.15) is 5.75 Å². The van der Waals surface area contributed by atoms with Crippen molar-refractivity contribution in [1.82, 2.24) is 4.57 Å². The number of ether oxygens (including phenoxy) is 3. The molecule has 0 amide bonds. The number of fused-ring (bicyclic) bond motifs is 1. The molecule has 184 valence electrons. The molecule has 0 aliphatic carbocycles. The lowest BCUT2D eigenvalue weighted by Crippen LogP contribution is -2.39. The average Bonchev–Trinajstić information content (AvgIpc) is 3.16. The number of carbonyl (C=O) groups excluding carboxylic acids is 3. The lowest BCUT2D eigenvalue weighted by molar-refractivity contribution is -0.136. The van der Waals surface area contributed by atoms with E-state index in [1.54, 1.807) is 61.5 Å². The van der Waals surface area contributed by atoms with Crippen LogP contribution in [0.15, 0.2) is 69.6 Å². The lowest BCUT2D eigenvalue weighted by Gasteiger charge is -2.24. The van der Waals surface area contributed by atoms with E-state index in [4.69, 9.17) is 14.2 Å². The number of aromatic nitrogens is 1. The fourth-order valence-corrected chi connectivity index (χ4v) is 4.96. The number of nitrogens with zero attached hydrogens (tertiary/aromatic N) is 2. The van der Waals surface area contributed by atoms with Gasteiger partial charge in [-0.05, 0) is 48.4 Å². The molecule has 36 heavy (non-hydrogen) atoms. The highest BCUT2D eigenvalue weighted by atomic mass is 32.1. The van der Waals surface area contributed by atoms with Gasteiger partial charge in [0, 0.05) is 6.92 Å². The Hall–Kier alpha value is -4.31. The van der Waals surface area contributed by atoms with Gasteiger partial charge in [0.25, 0.3) is 5.56 Å². The van der Waals surface area contributed by atoms with Crippen LogP contribution in [-0.4, -0.2) is 36.7 Å². The Bertz CT molecular complexity index is 1580. The number of benzene rings is 2. The molecule has 0 saturated carbocycles. The van der Waals surface area contributed by atoms with Crippen LogP contribution in [-0.2, 0) is 19.1 Å². The summed E-state index contributed by atoms with van der Waals surface area (Å²) in [4.78, 5) is 54.4. The highest BCUT2D eigenvalue weighted by molar-refractivity contribution is 7.07. The van der Waals surface area contributed by atoms with Crippen molar-refractivity contribution in [2.24, 2.45) is 4.99 Å². The minimum Gasteiger partial charge on any atom is -0.466 e. The second-order valence-electron chi connectivity index (χ2n) is 7.85. The Morgan fingerprint density at radius 2 is 1.72 bits per heavy atom. The molecule has 0 fully saturated rings. The first-order valence-corrected chi connectivity index (χ1v) is 11.6. The Morgan fingerprint density at radius 3 is 2.36 bits per heavy atom. The van der Waals surface area contributed by atoms with Gasteiger partial charge in [0.2, 0.25) is 0 Å². The molecule has 1 aliphatic heterocycles. The summed E-state index contributed by atoms with van der Waals surface area (Å²) in [5.41, 5.74) is 1.88. The SMILES string of the molecule is COC(=O)C1=C(C)N=c2sc(=Cc3cccc(OC(C)=O)c3)c(=O)n2C1c1ccc(C(=O)OC)cc1. The molecule has 0 spiro atoms. The van der Waals surface area contributed by atoms with E-state index in [0.717, 1.165) is 0 Å². The summed E-state index contributed by atoms with van der Waals surface area (Å²) in [7, 11) is 2.55. The standard InChI is InChI=1S/C26H22N2O7S/c1-14-21(25(32)34-4)22(17-8-10-18(11-9-17)24(31)33-3)28-23(30)20(36-26(28)27-14)13-16-6-5-7-19(12-16)35-15(2)29/h5-13,22H,1-4H3. The summed E-state index contributed by atoms with van der Waals surface area (Å²) in [5, 5.41) is 0. The monoisotopic (exact) mass is 506 g/mol. The van der Waals surface area contributed by atoms with Crippen molar-refractivity contribution in [2.45, 2.75) is 19.9 Å². The van der Waals surface area contributed by atoms with Gasteiger partial charge in [-0.15, -0.1) is 0 Å². The van der Waals surface area contributed by atoms with Crippen molar-refractivity contribution in [3.63, 3.8) is 0 Å². The molecule has 2 aromatic carbocycles. The van der Waals surface area contributed by atoms with E-state index in [2.05, 4.69) is 4.99 Å². The predicted molar refractivity (Wildman–Crippen MR) is 131 cm³/mol. The fraction of sp³-hybridized carbons (Fsp3) is 0.192. The number of hydrogen-bond acceptors (Lipinski definition) is 9. The van der Waals surface area contributed by atoms with Crippen LogP contribution in [0.1, 0.15) is 41.4 Å². The number of esters is 3. The van der Waals surface area contributed by atoms with Crippen LogP contribution >= 0.6 is 11.3 Å². The maximum Gasteiger partial charge on any atom is 0.338 e. The molecule has 9 nitrogen and oxygen atoms in total. The molecule has 1 aliphatic rings. The van der Waals surface area contributed by atoms with Gasteiger partial charge >= 0.3 is 17.9 Å². The summed E-state index contributed by atoms with van der Waals surface area (Å²) in [5.74, 6) is -1.20. The normalized spacial score (nSPS) is 15.1. The van der Waals surface area contributed by atoms with Crippen LogP contribution in [0.25, 0.3) is 6.08 Å². The molecule has 3 aromatic rings. The van der Waals surface area contributed by atoms with E-state index >= 15 is 0 Å². The number of rotatable bonds is 5. The van der Waals surface area contributed by atoms with Crippen LogP contribution in [0.5, 0.6) is 5.75 Å². The summed E-state index contributed by atoms with van der Waals surface area (Å²) < 4.78 is 16.7. The molecule has 1 unspecified atom stereocenters. The fourth-order valence-electron chi connectivity index (χ4n) is 3.91. The minimum absolute atomic E-state index is 0.221. The molecular weight excluding hydrogens is 484 g/mol. The Kier molecular flexibility index (Phi) is 6.98. The molecule has 0 radical (unpaired) electrons. The zero-order valence-corrected chi connectivity index (χ0v) is 20.8. The summed E-state index contributed by atoms with van der Waals surface area (Å²) >= 11 is 1.17. The predicted octanol–water partition coefficient (Wildman–Crippen LogP) is 2.12. The molecule has 1 atom stereocenters. The van der Waals surface area contributed by atoms with Crippen LogP contribution in [0.3, 0.4) is 0 Å². The molecule has 0 bridgehead atoms. The molecular formula is C26H22N2O7S. The summed E-state index contributed by atoms with van der Waals surface area (Å²) in [6, 6.07) is 12.4. The van der Waals surface area contributed by atoms with Crippen molar-refractivity contribution < 1.29 is 28.6 Å². The Balaban J connectivity index is 1.89. The summed E-state index contributed by atoms with van der Waals surface area (Å²) in [6.07, 6.45) is 1.67. The van der Waals surface area contributed by atoms with Gasteiger partial charge < -0.3 is 14.2 Å². The van der Waals surface area contributed by atoms with Crippen molar-refractivity contribution in [1.29, 1.82) is 0 Å². The third-order valence-electron chi connectivity index (χ3n) is 5.49. The zero-order valence-electron chi connectivity index (χ0n) is 19.9. The van der Waals surface area contributed by atoms with Gasteiger partial charge in [-0.25, -0.2) is 14.6 Å². The zero-order chi connectivity index (χ0) is 26.0. The highest BCUT2D eigenvalue weighted by Crippen LogP contribution is 2.30. The molecule has 10 heteroatoms. The Morgan fingerprint density at radius 1 is 1.03 bits per heavy atom. The van der Waals surface area contributed by atoms with E-state index in [1.807, 2.05) is 0 Å². The number of allylic oxidation sites excluding steroid dienone is 1. The minimum atomic E-state index is -0.810. The van der Waals surface area contributed by atoms with Crippen LogP contribution in [0, 0.1) is 0 Å². The van der Waals surface area contributed by atoms with Gasteiger partial charge in [0.15, 0.2) is 4.80 Å². The van der Waals surface area contributed by atoms with Gasteiger partial charge in [-0.1, -0.05) is 35.6 Å². The van der Waals surface area contributed by atoms with Crippen LogP contribution in [0.2, 0.25) is 0 Å². The lowest BCUT2D eigenvalue weighted by atomic mass is 9.95. The molecule has 0 saturated heterocycles.